The van der Waals surface area contributed by atoms with E-state index >= 15 is 0 Å². The minimum atomic E-state index is -0.0974. The van der Waals surface area contributed by atoms with Gasteiger partial charge in [-0.15, -0.1) is 11.8 Å². The summed E-state index contributed by atoms with van der Waals surface area (Å²) in [6.45, 7) is 10.4. The van der Waals surface area contributed by atoms with Crippen LogP contribution in [-0.4, -0.2) is 9.97 Å². The Hall–Kier alpha value is -1.55. The predicted molar refractivity (Wildman–Crippen MR) is 90.6 cm³/mol. The van der Waals surface area contributed by atoms with Crippen LogP contribution in [0.15, 0.2) is 29.3 Å². The summed E-state index contributed by atoms with van der Waals surface area (Å²) in [5, 5.41) is 0.982. The third-order valence-electron chi connectivity index (χ3n) is 3.44. The number of nitrogen functional groups attached to an aromatic ring is 1. The van der Waals surface area contributed by atoms with Crippen LogP contribution in [0, 0.1) is 13.8 Å². The predicted octanol–water partition coefficient (Wildman–Crippen LogP) is 4.27. The van der Waals surface area contributed by atoms with Crippen LogP contribution in [0.2, 0.25) is 0 Å². The average molecular weight is 301 g/mol. The number of hydrogen-bond acceptors (Lipinski definition) is 4. The van der Waals surface area contributed by atoms with E-state index in [1.54, 1.807) is 11.8 Å². The molecule has 0 spiro atoms. The van der Waals surface area contributed by atoms with Crippen molar-refractivity contribution < 1.29 is 0 Å². The van der Waals surface area contributed by atoms with Gasteiger partial charge in [-0.1, -0.05) is 45.0 Å². The van der Waals surface area contributed by atoms with Gasteiger partial charge in [0.05, 0.1) is 0 Å². The Morgan fingerprint density at radius 3 is 2.38 bits per heavy atom. The molecule has 2 N–H and O–H groups in total. The molecule has 0 aliphatic carbocycles. The Kier molecular flexibility index (Phi) is 4.57. The van der Waals surface area contributed by atoms with Crippen LogP contribution in [-0.2, 0) is 11.2 Å². The van der Waals surface area contributed by atoms with Crippen LogP contribution in [0.1, 0.15) is 43.3 Å². The maximum absolute atomic E-state index is 6.05. The molecule has 0 saturated carbocycles. The van der Waals surface area contributed by atoms with Crippen molar-refractivity contribution in [2.45, 2.75) is 50.8 Å². The van der Waals surface area contributed by atoms with Gasteiger partial charge in [-0.25, -0.2) is 9.97 Å². The molecule has 0 aliphatic heterocycles. The van der Waals surface area contributed by atoms with Gasteiger partial charge >= 0.3 is 0 Å². The van der Waals surface area contributed by atoms with Gasteiger partial charge in [-0.2, -0.15) is 0 Å². The Morgan fingerprint density at radius 1 is 1.10 bits per heavy atom. The van der Waals surface area contributed by atoms with E-state index in [-0.39, 0.29) is 5.41 Å². The fourth-order valence-electron chi connectivity index (χ4n) is 1.91. The summed E-state index contributed by atoms with van der Waals surface area (Å²) in [5.41, 5.74) is 9.57. The van der Waals surface area contributed by atoms with Gasteiger partial charge in [0.15, 0.2) is 0 Å². The molecule has 0 atom stereocenters. The van der Waals surface area contributed by atoms with Gasteiger partial charge in [0.25, 0.3) is 0 Å². The van der Waals surface area contributed by atoms with Crippen molar-refractivity contribution in [2.24, 2.45) is 0 Å². The highest BCUT2D eigenvalue weighted by atomic mass is 32.2. The largest absolute Gasteiger partial charge is 0.383 e. The first-order valence-electron chi connectivity index (χ1n) is 7.11. The fraction of sp³-hybridized carbons (Fsp3) is 0.412. The molecule has 0 fully saturated rings. The molecule has 2 rings (SSSR count). The molecule has 0 unspecified atom stereocenters. The van der Waals surface area contributed by atoms with E-state index in [0.29, 0.717) is 5.82 Å². The van der Waals surface area contributed by atoms with Gasteiger partial charge < -0.3 is 5.73 Å². The minimum absolute atomic E-state index is 0.0974. The van der Waals surface area contributed by atoms with Crippen molar-refractivity contribution >= 4 is 17.6 Å². The van der Waals surface area contributed by atoms with E-state index in [2.05, 4.69) is 56.9 Å². The first kappa shape index (κ1) is 15.8. The molecule has 0 bridgehead atoms. The Labute approximate surface area is 131 Å². The molecule has 0 aliphatic rings. The normalized spacial score (nSPS) is 11.7. The van der Waals surface area contributed by atoms with Crippen molar-refractivity contribution in [2.75, 3.05) is 5.73 Å². The molecule has 0 saturated heterocycles. The molecule has 1 aromatic carbocycles. The summed E-state index contributed by atoms with van der Waals surface area (Å²) in [4.78, 5) is 9.15. The molecule has 21 heavy (non-hydrogen) atoms. The van der Waals surface area contributed by atoms with E-state index in [9.17, 15) is 0 Å². The molecule has 4 heteroatoms. The first-order chi connectivity index (χ1) is 9.79. The van der Waals surface area contributed by atoms with E-state index in [1.165, 1.54) is 11.1 Å². The lowest BCUT2D eigenvalue weighted by atomic mass is 9.95. The zero-order valence-electron chi connectivity index (χ0n) is 13.4. The number of nitrogens with two attached hydrogens (primary N) is 1. The maximum Gasteiger partial charge on any atom is 0.137 e. The number of aromatic nitrogens is 2. The number of hydrogen-bond donors (Lipinski definition) is 1. The summed E-state index contributed by atoms with van der Waals surface area (Å²) in [7, 11) is 0. The van der Waals surface area contributed by atoms with Gasteiger partial charge in [0.1, 0.15) is 16.7 Å². The second-order valence-electron chi connectivity index (χ2n) is 6.33. The average Bonchev–Trinajstić information content (AvgIpc) is 2.40. The molecule has 3 nitrogen and oxygen atoms in total. The summed E-state index contributed by atoms with van der Waals surface area (Å²) >= 11 is 1.73. The van der Waals surface area contributed by atoms with Crippen LogP contribution in [0.25, 0.3) is 0 Å². The highest BCUT2D eigenvalue weighted by Gasteiger charge is 2.20. The van der Waals surface area contributed by atoms with E-state index in [0.717, 1.165) is 22.2 Å². The molecule has 0 amide bonds. The number of thioether (sulfide) groups is 1. The van der Waals surface area contributed by atoms with Crippen LogP contribution in [0.5, 0.6) is 0 Å². The number of rotatable bonds is 3. The topological polar surface area (TPSA) is 51.8 Å². The Morgan fingerprint density at radius 2 is 1.76 bits per heavy atom. The lowest BCUT2D eigenvalue weighted by molar-refractivity contribution is 0.538. The lowest BCUT2D eigenvalue weighted by Crippen LogP contribution is -2.18. The van der Waals surface area contributed by atoms with Crippen molar-refractivity contribution in [3.63, 3.8) is 0 Å². The standard InChI is InChI=1S/C17H23N3S/c1-11-8-6-7-9-13(11)10-21-15-12(2)14(18)19-16(20-15)17(3,4)5/h6-9H,10H2,1-5H3,(H2,18,19,20). The third-order valence-corrected chi connectivity index (χ3v) is 4.56. The minimum Gasteiger partial charge on any atom is -0.383 e. The van der Waals surface area contributed by atoms with Crippen molar-refractivity contribution in [3.05, 3.63) is 46.8 Å². The molecule has 1 heterocycles. The third kappa shape index (κ3) is 3.76. The number of anilines is 1. The Balaban J connectivity index is 2.28. The Bertz CT molecular complexity index is 645. The van der Waals surface area contributed by atoms with Gasteiger partial charge in [-0.3, -0.25) is 0 Å². The summed E-state index contributed by atoms with van der Waals surface area (Å²) < 4.78 is 0. The lowest BCUT2D eigenvalue weighted by Gasteiger charge is -2.19. The van der Waals surface area contributed by atoms with Crippen LogP contribution >= 0.6 is 11.8 Å². The maximum atomic E-state index is 6.05. The van der Waals surface area contributed by atoms with Gasteiger partial charge in [0, 0.05) is 16.7 Å². The molecule has 112 valence electrons. The second-order valence-corrected chi connectivity index (χ2v) is 7.29. The SMILES string of the molecule is Cc1ccccc1CSc1nc(C(C)(C)C)nc(N)c1C. The first-order valence-corrected chi connectivity index (χ1v) is 8.09. The van der Waals surface area contributed by atoms with Crippen molar-refractivity contribution in [1.29, 1.82) is 0 Å². The zero-order chi connectivity index (χ0) is 15.6. The van der Waals surface area contributed by atoms with Crippen LogP contribution < -0.4 is 5.73 Å². The van der Waals surface area contributed by atoms with Crippen LogP contribution in [0.3, 0.4) is 0 Å². The van der Waals surface area contributed by atoms with Crippen LogP contribution in [0.4, 0.5) is 5.82 Å². The summed E-state index contributed by atoms with van der Waals surface area (Å²) in [5.74, 6) is 2.29. The molecular weight excluding hydrogens is 278 g/mol. The summed E-state index contributed by atoms with van der Waals surface area (Å²) in [6, 6.07) is 8.43. The molecular formula is C17H23N3S. The number of aryl methyl sites for hydroxylation is 1. The highest BCUT2D eigenvalue weighted by Crippen LogP contribution is 2.30. The number of nitrogens with zero attached hydrogens (tertiary/aromatic N) is 2. The summed E-state index contributed by atoms with van der Waals surface area (Å²) in [6.07, 6.45) is 0. The van der Waals surface area contributed by atoms with E-state index < -0.39 is 0 Å². The van der Waals surface area contributed by atoms with E-state index in [1.807, 2.05) is 6.92 Å². The quantitative estimate of drug-likeness (QED) is 0.679. The zero-order valence-corrected chi connectivity index (χ0v) is 14.2. The number of benzene rings is 1. The molecule has 1 aromatic heterocycles. The fourth-order valence-corrected chi connectivity index (χ4v) is 2.99. The van der Waals surface area contributed by atoms with Gasteiger partial charge in [0.2, 0.25) is 0 Å². The van der Waals surface area contributed by atoms with Gasteiger partial charge in [-0.05, 0) is 25.0 Å². The second kappa shape index (κ2) is 6.06. The smallest absolute Gasteiger partial charge is 0.137 e. The van der Waals surface area contributed by atoms with Crippen molar-refractivity contribution in [1.82, 2.24) is 9.97 Å². The van der Waals surface area contributed by atoms with Crippen molar-refractivity contribution in [3.8, 4) is 0 Å². The monoisotopic (exact) mass is 301 g/mol. The molecule has 2 aromatic rings. The van der Waals surface area contributed by atoms with E-state index in [4.69, 9.17) is 10.7 Å². The highest BCUT2D eigenvalue weighted by molar-refractivity contribution is 7.98. The molecule has 0 radical (unpaired) electrons.